The van der Waals surface area contributed by atoms with Gasteiger partial charge in [0.25, 0.3) is 0 Å². The highest BCUT2D eigenvalue weighted by molar-refractivity contribution is 6.04. The molecule has 35 heavy (non-hydrogen) atoms. The van der Waals surface area contributed by atoms with Crippen LogP contribution >= 0.6 is 0 Å². The van der Waals surface area contributed by atoms with Crippen LogP contribution in [0.2, 0.25) is 0 Å². The van der Waals surface area contributed by atoms with Crippen LogP contribution in [0, 0.1) is 61.6 Å². The summed E-state index contributed by atoms with van der Waals surface area (Å²) in [5, 5.41) is 20.5. The largest absolute Gasteiger partial charge is 0.396 e. The Morgan fingerprint density at radius 2 is 1.66 bits per heavy atom. The monoisotopic (exact) mass is 477 g/mol. The lowest BCUT2D eigenvalue weighted by Gasteiger charge is -2.69. The molecule has 0 saturated heterocycles. The minimum atomic E-state index is -0.635. The van der Waals surface area contributed by atoms with Crippen LogP contribution < -0.4 is 0 Å². The highest BCUT2D eigenvalue weighted by atomic mass is 16.3. The van der Waals surface area contributed by atoms with Crippen molar-refractivity contribution in [2.75, 3.05) is 6.61 Å². The molecule has 1 N–H and O–H groups in total. The minimum absolute atomic E-state index is 0.0623. The summed E-state index contributed by atoms with van der Waals surface area (Å²) < 4.78 is 0. The number of nitrogens with zero attached hydrogens (tertiary/aromatic N) is 1. The number of hydrogen-bond acceptors (Lipinski definition) is 4. The van der Waals surface area contributed by atoms with Gasteiger partial charge in [0.1, 0.15) is 6.07 Å². The smallest absolute Gasteiger partial charge is 0.178 e. The maximum absolute atomic E-state index is 14.2. The van der Waals surface area contributed by atoms with Crippen LogP contribution in [0.25, 0.3) is 0 Å². The van der Waals surface area contributed by atoms with Gasteiger partial charge in [-0.15, -0.1) is 0 Å². The summed E-state index contributed by atoms with van der Waals surface area (Å²) in [4.78, 5) is 27.4. The van der Waals surface area contributed by atoms with E-state index in [4.69, 9.17) is 0 Å². The number of rotatable bonds is 1. The number of hydrogen-bond donors (Lipinski definition) is 1. The van der Waals surface area contributed by atoms with Crippen LogP contribution in [-0.4, -0.2) is 23.3 Å². The molecule has 3 fully saturated rings. The molecule has 0 unspecified atom stereocenters. The maximum atomic E-state index is 14.2. The van der Waals surface area contributed by atoms with E-state index in [1.807, 2.05) is 26.0 Å². The third-order valence-corrected chi connectivity index (χ3v) is 12.4. The maximum Gasteiger partial charge on any atom is 0.178 e. The Bertz CT molecular complexity index is 1100. The van der Waals surface area contributed by atoms with Gasteiger partial charge in [-0.3, -0.25) is 9.59 Å². The van der Waals surface area contributed by atoms with Crippen molar-refractivity contribution in [1.82, 2.24) is 0 Å². The molecule has 0 bridgehead atoms. The number of carbonyl (C=O) groups is 2. The van der Waals surface area contributed by atoms with Gasteiger partial charge in [0, 0.05) is 23.4 Å². The van der Waals surface area contributed by atoms with Gasteiger partial charge in [-0.25, -0.2) is 0 Å². The van der Waals surface area contributed by atoms with Crippen molar-refractivity contribution in [3.63, 3.8) is 0 Å². The van der Waals surface area contributed by atoms with Crippen LogP contribution in [-0.2, 0) is 9.59 Å². The summed E-state index contributed by atoms with van der Waals surface area (Å²) in [6.45, 7) is 15.7. The van der Waals surface area contributed by atoms with Gasteiger partial charge in [0.15, 0.2) is 11.6 Å². The number of Topliss-reactive ketones (excluding diaryl/α,β-unsaturated/α-hetero) is 1. The average molecular weight is 478 g/mol. The van der Waals surface area contributed by atoms with E-state index in [0.29, 0.717) is 0 Å². The van der Waals surface area contributed by atoms with E-state index in [0.717, 1.165) is 50.5 Å². The van der Waals surface area contributed by atoms with E-state index in [1.165, 1.54) is 0 Å². The van der Waals surface area contributed by atoms with Crippen molar-refractivity contribution in [3.8, 4) is 6.07 Å². The Balaban J connectivity index is 1.70. The standard InChI is InChI=1S/C31H43NO3/c1-26(2)10-12-31(18-33)13-11-30(7)24(20(31)16-26)21(34)14-23-28(5)15-19(17-32)25(35)27(3,4)22(28)8-9-29(23,30)6/h14-15,20,22,24,33H,8-13,16,18H2,1-7H3/t20-,22-,24-,28-,29+,30+,31+/m0/s1. The first-order chi connectivity index (χ1) is 16.1. The van der Waals surface area contributed by atoms with Crippen molar-refractivity contribution in [3.05, 3.63) is 23.3 Å². The molecule has 5 aliphatic carbocycles. The number of aliphatic hydroxyl groups is 1. The zero-order valence-electron chi connectivity index (χ0n) is 22.8. The molecule has 5 aliphatic rings. The van der Waals surface area contributed by atoms with Gasteiger partial charge in [-0.05, 0) is 84.5 Å². The molecule has 0 heterocycles. The second-order valence-corrected chi connectivity index (χ2v) is 14.8. The molecule has 5 rings (SSSR count). The van der Waals surface area contributed by atoms with Crippen LogP contribution in [0.4, 0.5) is 0 Å². The van der Waals surface area contributed by atoms with Gasteiger partial charge in [-0.1, -0.05) is 60.1 Å². The fourth-order valence-electron chi connectivity index (χ4n) is 10.0. The molecular weight excluding hydrogens is 434 g/mol. The molecule has 0 aromatic heterocycles. The van der Waals surface area contributed by atoms with E-state index in [2.05, 4.69) is 40.7 Å². The molecule has 4 nitrogen and oxygen atoms in total. The van der Waals surface area contributed by atoms with Crippen molar-refractivity contribution < 1.29 is 14.7 Å². The second-order valence-electron chi connectivity index (χ2n) is 14.8. The van der Waals surface area contributed by atoms with Gasteiger partial charge in [0.2, 0.25) is 0 Å². The Kier molecular flexibility index (Phi) is 5.12. The predicted octanol–water partition coefficient (Wildman–Crippen LogP) is 6.20. The second kappa shape index (κ2) is 7.18. The summed E-state index contributed by atoms with van der Waals surface area (Å²) in [6, 6.07) is 2.18. The molecule has 190 valence electrons. The zero-order valence-corrected chi connectivity index (χ0v) is 22.8. The van der Waals surface area contributed by atoms with Gasteiger partial charge >= 0.3 is 0 Å². The summed E-state index contributed by atoms with van der Waals surface area (Å²) in [6.07, 6.45) is 10.7. The number of aliphatic hydroxyl groups excluding tert-OH is 1. The van der Waals surface area contributed by atoms with E-state index in [9.17, 15) is 20.0 Å². The first kappa shape index (κ1) is 24.9. The molecule has 3 saturated carbocycles. The third kappa shape index (κ3) is 2.94. The molecule has 0 amide bonds. The Hall–Kier alpha value is -1.73. The summed E-state index contributed by atoms with van der Waals surface area (Å²) in [7, 11) is 0. The first-order valence-electron chi connectivity index (χ1n) is 13.7. The average Bonchev–Trinajstić information content (AvgIpc) is 2.77. The molecule has 0 radical (unpaired) electrons. The van der Waals surface area contributed by atoms with Gasteiger partial charge < -0.3 is 5.11 Å². The Morgan fingerprint density at radius 3 is 2.29 bits per heavy atom. The van der Waals surface area contributed by atoms with E-state index in [-0.39, 0.29) is 63.2 Å². The molecular formula is C31H43NO3. The zero-order chi connectivity index (χ0) is 25.8. The third-order valence-electron chi connectivity index (χ3n) is 12.4. The van der Waals surface area contributed by atoms with Crippen LogP contribution in [0.15, 0.2) is 23.3 Å². The van der Waals surface area contributed by atoms with Crippen LogP contribution in [0.3, 0.4) is 0 Å². The Morgan fingerprint density at radius 1 is 1.00 bits per heavy atom. The molecule has 0 spiro atoms. The molecule has 0 aromatic rings. The van der Waals surface area contributed by atoms with Crippen LogP contribution in [0.5, 0.6) is 0 Å². The topological polar surface area (TPSA) is 78.2 Å². The number of fused-ring (bicyclic) bond motifs is 7. The lowest BCUT2D eigenvalue weighted by atomic mass is 9.34. The summed E-state index contributed by atoms with van der Waals surface area (Å²) in [5.74, 6) is 0.323. The number of carbonyl (C=O) groups excluding carboxylic acids is 2. The van der Waals surface area contributed by atoms with E-state index >= 15 is 0 Å². The lowest BCUT2D eigenvalue weighted by molar-refractivity contribution is -0.177. The van der Waals surface area contributed by atoms with Gasteiger partial charge in [-0.2, -0.15) is 5.26 Å². The lowest BCUT2D eigenvalue weighted by Crippen LogP contribution is -2.65. The number of ketones is 2. The van der Waals surface area contributed by atoms with Crippen LogP contribution in [0.1, 0.15) is 93.4 Å². The number of nitriles is 1. The van der Waals surface area contributed by atoms with E-state index < -0.39 is 10.8 Å². The summed E-state index contributed by atoms with van der Waals surface area (Å²) in [5.41, 5.74) is -0.0982. The number of allylic oxidation sites excluding steroid dienone is 4. The van der Waals surface area contributed by atoms with E-state index in [1.54, 1.807) is 0 Å². The molecule has 0 aliphatic heterocycles. The highest BCUT2D eigenvalue weighted by Crippen LogP contribution is 2.74. The normalized spacial score (nSPS) is 47.8. The molecule has 4 heteroatoms. The quantitative estimate of drug-likeness (QED) is 0.488. The van der Waals surface area contributed by atoms with Crippen molar-refractivity contribution in [1.29, 1.82) is 5.26 Å². The molecule has 7 atom stereocenters. The summed E-state index contributed by atoms with van der Waals surface area (Å²) >= 11 is 0. The first-order valence-corrected chi connectivity index (χ1v) is 13.7. The van der Waals surface area contributed by atoms with Crippen molar-refractivity contribution >= 4 is 11.6 Å². The fraction of sp³-hybridized carbons (Fsp3) is 0.774. The van der Waals surface area contributed by atoms with Crippen molar-refractivity contribution in [2.45, 2.75) is 93.4 Å². The minimum Gasteiger partial charge on any atom is -0.396 e. The van der Waals surface area contributed by atoms with Gasteiger partial charge in [0.05, 0.1) is 5.57 Å². The SMILES string of the molecule is CC1(C)CC[C@]2(CO)CC[C@]3(C)[C@H](C(=O)C=C4[C@@]5(C)C=C(C#N)C(=O)C(C)(C)[C@@H]5CC[C@]43C)[C@@H]2C1. The van der Waals surface area contributed by atoms with Crippen molar-refractivity contribution in [2.24, 2.45) is 50.2 Å². The molecule has 0 aromatic carbocycles. The fourth-order valence-corrected chi connectivity index (χ4v) is 10.0. The predicted molar refractivity (Wildman–Crippen MR) is 136 cm³/mol. The highest BCUT2D eigenvalue weighted by Gasteiger charge is 2.69. The Labute approximate surface area is 211 Å².